The number of hydrogen-bond donors (Lipinski definition) is 1. The molecule has 1 aliphatic heterocycles. The maximum absolute atomic E-state index is 10.8. The first-order valence-electron chi connectivity index (χ1n) is 8.99. The Morgan fingerprint density at radius 2 is 1.96 bits per heavy atom. The van der Waals surface area contributed by atoms with Crippen LogP contribution in [0.15, 0.2) is 41.3 Å². The van der Waals surface area contributed by atoms with Crippen molar-refractivity contribution in [1.82, 2.24) is 0 Å². The zero-order valence-electron chi connectivity index (χ0n) is 15.9. The minimum Gasteiger partial charge on any atom is -0.497 e. The van der Waals surface area contributed by atoms with Crippen LogP contribution >= 0.6 is 11.9 Å². The number of anilines is 1. The maximum atomic E-state index is 10.8. The summed E-state index contributed by atoms with van der Waals surface area (Å²) in [6.07, 6.45) is 1.90. The van der Waals surface area contributed by atoms with E-state index in [9.17, 15) is 4.79 Å². The number of ether oxygens (including phenoxy) is 2. The molecule has 0 aromatic heterocycles. The van der Waals surface area contributed by atoms with Crippen molar-refractivity contribution in [2.75, 3.05) is 24.6 Å². The van der Waals surface area contributed by atoms with E-state index in [-0.39, 0.29) is 12.6 Å². The first-order valence-corrected chi connectivity index (χ1v) is 9.77. The number of rotatable bonds is 7. The van der Waals surface area contributed by atoms with E-state index in [4.69, 9.17) is 14.6 Å². The van der Waals surface area contributed by atoms with Crippen LogP contribution < -0.4 is 9.04 Å². The van der Waals surface area contributed by atoms with Crippen LogP contribution in [0.5, 0.6) is 5.75 Å². The summed E-state index contributed by atoms with van der Waals surface area (Å²) in [5, 5.41) is 8.87. The number of carboxylic acids is 1. The van der Waals surface area contributed by atoms with Crippen LogP contribution in [0.4, 0.5) is 5.69 Å². The fraction of sp³-hybridized carbons (Fsp3) is 0.381. The van der Waals surface area contributed by atoms with Crippen LogP contribution in [0.2, 0.25) is 0 Å². The van der Waals surface area contributed by atoms with Gasteiger partial charge in [-0.3, -0.25) is 0 Å². The van der Waals surface area contributed by atoms with Gasteiger partial charge in [-0.15, -0.1) is 0 Å². The van der Waals surface area contributed by atoms with E-state index in [1.165, 1.54) is 16.1 Å². The average molecular weight is 388 g/mol. The lowest BCUT2D eigenvalue weighted by Crippen LogP contribution is -2.38. The van der Waals surface area contributed by atoms with Crippen molar-refractivity contribution >= 4 is 23.6 Å². The third-order valence-electron chi connectivity index (χ3n) is 4.70. The Bertz CT molecular complexity index is 801. The van der Waals surface area contributed by atoms with Gasteiger partial charge in [-0.1, -0.05) is 18.2 Å². The number of aryl methyl sites for hydroxylation is 3. The molecule has 5 nitrogen and oxygen atoms in total. The predicted octanol–water partition coefficient (Wildman–Crippen LogP) is 4.24. The van der Waals surface area contributed by atoms with E-state index >= 15 is 0 Å². The molecule has 0 amide bonds. The van der Waals surface area contributed by atoms with E-state index in [1.807, 2.05) is 18.2 Å². The normalized spacial score (nSPS) is 16.1. The number of hydrogen-bond acceptors (Lipinski definition) is 5. The van der Waals surface area contributed by atoms with Crippen molar-refractivity contribution < 1.29 is 19.4 Å². The van der Waals surface area contributed by atoms with E-state index in [1.54, 1.807) is 19.1 Å². The molecule has 3 rings (SSSR count). The Morgan fingerprint density at radius 3 is 2.63 bits per heavy atom. The van der Waals surface area contributed by atoms with Crippen molar-refractivity contribution in [3.05, 3.63) is 53.1 Å². The number of methoxy groups -OCH3 is 1. The van der Waals surface area contributed by atoms with Gasteiger partial charge in [0.15, 0.2) is 0 Å². The Morgan fingerprint density at radius 1 is 1.26 bits per heavy atom. The van der Waals surface area contributed by atoms with Crippen molar-refractivity contribution in [3.8, 4) is 5.75 Å². The fourth-order valence-corrected chi connectivity index (χ4v) is 4.60. The molecular weight excluding hydrogens is 362 g/mol. The molecule has 0 fully saturated rings. The second-order valence-corrected chi connectivity index (χ2v) is 7.72. The lowest BCUT2D eigenvalue weighted by atomic mass is 9.98. The molecule has 0 radical (unpaired) electrons. The van der Waals surface area contributed by atoms with Gasteiger partial charge in [0.05, 0.1) is 25.4 Å². The summed E-state index contributed by atoms with van der Waals surface area (Å²) in [6, 6.07) is 12.6. The Balaban J connectivity index is 1.89. The molecule has 0 spiro atoms. The molecule has 0 saturated carbocycles. The summed E-state index contributed by atoms with van der Waals surface area (Å²) in [4.78, 5) is 12.0. The van der Waals surface area contributed by atoms with Crippen molar-refractivity contribution in [3.63, 3.8) is 0 Å². The highest BCUT2D eigenvalue weighted by molar-refractivity contribution is 8.00. The molecule has 1 N–H and O–H groups in total. The second-order valence-electron chi connectivity index (χ2n) is 6.74. The van der Waals surface area contributed by atoms with Gasteiger partial charge in [-0.05, 0) is 73.5 Å². The zero-order valence-corrected chi connectivity index (χ0v) is 16.7. The van der Waals surface area contributed by atoms with Crippen LogP contribution in [-0.2, 0) is 16.0 Å². The highest BCUT2D eigenvalue weighted by Crippen LogP contribution is 2.41. The van der Waals surface area contributed by atoms with E-state index < -0.39 is 5.97 Å². The first-order chi connectivity index (χ1) is 13.0. The fourth-order valence-electron chi connectivity index (χ4n) is 3.40. The minimum absolute atomic E-state index is 0.116. The Labute approximate surface area is 164 Å². The molecule has 0 bridgehead atoms. The number of carbonyl (C=O) groups is 1. The molecule has 2 aromatic carbocycles. The van der Waals surface area contributed by atoms with Gasteiger partial charge in [0.2, 0.25) is 0 Å². The largest absolute Gasteiger partial charge is 0.497 e. The van der Waals surface area contributed by atoms with Gasteiger partial charge in [0.25, 0.3) is 0 Å². The quantitative estimate of drug-likeness (QED) is 0.717. The SMILES string of the molecule is COc1cc(C)c(SN2c3ccccc3CCC2COCC(=O)O)c(C)c1. The minimum atomic E-state index is -0.938. The molecule has 2 aromatic rings. The maximum Gasteiger partial charge on any atom is 0.329 e. The predicted molar refractivity (Wildman–Crippen MR) is 108 cm³/mol. The number of nitrogens with zero attached hydrogens (tertiary/aromatic N) is 1. The van der Waals surface area contributed by atoms with Gasteiger partial charge in [0.1, 0.15) is 12.4 Å². The van der Waals surface area contributed by atoms with Crippen molar-refractivity contribution in [1.29, 1.82) is 0 Å². The topological polar surface area (TPSA) is 59.0 Å². The van der Waals surface area contributed by atoms with Crippen LogP contribution in [0.1, 0.15) is 23.1 Å². The molecule has 1 unspecified atom stereocenters. The van der Waals surface area contributed by atoms with Crippen LogP contribution in [0.25, 0.3) is 0 Å². The Hall–Kier alpha value is -2.18. The molecule has 1 heterocycles. The highest BCUT2D eigenvalue weighted by Gasteiger charge is 2.28. The second kappa shape index (κ2) is 8.67. The number of aliphatic carboxylic acids is 1. The molecule has 144 valence electrons. The molecule has 0 saturated heterocycles. The molecule has 27 heavy (non-hydrogen) atoms. The van der Waals surface area contributed by atoms with Gasteiger partial charge in [-0.25, -0.2) is 4.79 Å². The number of para-hydroxylation sites is 1. The summed E-state index contributed by atoms with van der Waals surface area (Å²) in [7, 11) is 1.68. The standard InChI is InChI=1S/C21H25NO4S/c1-14-10-18(25-3)11-15(2)21(14)27-22-17(12-26-13-20(23)24)9-8-16-6-4-5-7-19(16)22/h4-7,10-11,17H,8-9,12-13H2,1-3H3,(H,23,24). The van der Waals surface area contributed by atoms with E-state index in [0.29, 0.717) is 6.61 Å². The molecule has 1 atom stereocenters. The first kappa shape index (κ1) is 19.6. The monoisotopic (exact) mass is 387 g/mol. The number of carboxylic acid groups (broad SMARTS) is 1. The smallest absolute Gasteiger partial charge is 0.329 e. The summed E-state index contributed by atoms with van der Waals surface area (Å²) >= 11 is 1.70. The Kier molecular flexibility index (Phi) is 6.29. The van der Waals surface area contributed by atoms with E-state index in [0.717, 1.165) is 29.7 Å². The summed E-state index contributed by atoms with van der Waals surface area (Å²) < 4.78 is 13.1. The third kappa shape index (κ3) is 4.57. The summed E-state index contributed by atoms with van der Waals surface area (Å²) in [6.45, 7) is 4.30. The molecule has 0 aliphatic carbocycles. The number of fused-ring (bicyclic) bond motifs is 1. The van der Waals surface area contributed by atoms with Crippen molar-refractivity contribution in [2.45, 2.75) is 37.6 Å². The lowest BCUT2D eigenvalue weighted by Gasteiger charge is -2.38. The van der Waals surface area contributed by atoms with Gasteiger partial charge >= 0.3 is 5.97 Å². The van der Waals surface area contributed by atoms with Crippen molar-refractivity contribution in [2.24, 2.45) is 0 Å². The van der Waals surface area contributed by atoms with Crippen LogP contribution in [-0.4, -0.2) is 37.4 Å². The van der Waals surface area contributed by atoms with Gasteiger partial charge < -0.3 is 18.9 Å². The number of benzene rings is 2. The zero-order chi connectivity index (χ0) is 19.4. The average Bonchev–Trinajstić information content (AvgIpc) is 2.65. The summed E-state index contributed by atoms with van der Waals surface area (Å²) in [5.41, 5.74) is 4.80. The lowest BCUT2D eigenvalue weighted by molar-refractivity contribution is -0.142. The molecule has 1 aliphatic rings. The summed E-state index contributed by atoms with van der Waals surface area (Å²) in [5.74, 6) is -0.0815. The third-order valence-corrected chi connectivity index (χ3v) is 6.22. The van der Waals surface area contributed by atoms with Crippen LogP contribution in [0, 0.1) is 13.8 Å². The molecular formula is C21H25NO4S. The van der Waals surface area contributed by atoms with Crippen LogP contribution in [0.3, 0.4) is 0 Å². The molecule has 6 heteroatoms. The van der Waals surface area contributed by atoms with E-state index in [2.05, 4.69) is 36.4 Å². The van der Waals surface area contributed by atoms with Gasteiger partial charge in [-0.2, -0.15) is 0 Å². The van der Waals surface area contributed by atoms with Gasteiger partial charge in [0, 0.05) is 4.90 Å². The highest BCUT2D eigenvalue weighted by atomic mass is 32.2.